The minimum absolute atomic E-state index is 0.0704. The van der Waals surface area contributed by atoms with Crippen molar-refractivity contribution in [3.05, 3.63) is 40.6 Å². The molecule has 0 fully saturated rings. The van der Waals surface area contributed by atoms with Gasteiger partial charge in [-0.1, -0.05) is 6.07 Å². The number of anilines is 1. The lowest BCUT2D eigenvalue weighted by molar-refractivity contribution is -0.136. The summed E-state index contributed by atoms with van der Waals surface area (Å²) in [4.78, 5) is 39.9. The lowest BCUT2D eigenvalue weighted by Gasteiger charge is -2.25. The smallest absolute Gasteiger partial charge is 0.337 e. The summed E-state index contributed by atoms with van der Waals surface area (Å²) in [5.41, 5.74) is 2.40. The number of fused-ring (bicyclic) bond motifs is 1. The maximum Gasteiger partial charge on any atom is 0.337 e. The Hall–Kier alpha value is -2.87. The van der Waals surface area contributed by atoms with Crippen molar-refractivity contribution in [3.8, 4) is 0 Å². The third-order valence-electron chi connectivity index (χ3n) is 4.63. The van der Waals surface area contributed by atoms with Crippen LogP contribution in [0.5, 0.6) is 0 Å². The molecule has 3 rings (SSSR count). The zero-order valence-electron chi connectivity index (χ0n) is 14.7. The van der Waals surface area contributed by atoms with Gasteiger partial charge in [-0.05, 0) is 24.1 Å². The molecule has 1 aromatic rings. The van der Waals surface area contributed by atoms with E-state index in [2.05, 4.69) is 5.32 Å². The number of carbonyl (C=O) groups is 3. The summed E-state index contributed by atoms with van der Waals surface area (Å²) in [6.45, 7) is 0.664. The number of aliphatic hydroxyl groups excluding tert-OH is 1. The first-order valence-corrected chi connectivity index (χ1v) is 8.33. The zero-order chi connectivity index (χ0) is 18.8. The van der Waals surface area contributed by atoms with Crippen molar-refractivity contribution >= 4 is 23.5 Å². The molecule has 0 spiro atoms. The van der Waals surface area contributed by atoms with E-state index in [0.29, 0.717) is 17.8 Å². The van der Waals surface area contributed by atoms with Gasteiger partial charge in [-0.3, -0.25) is 9.59 Å². The minimum atomic E-state index is -0.602. The van der Waals surface area contributed by atoms with Crippen molar-refractivity contribution in [2.45, 2.75) is 6.42 Å². The number of rotatable bonds is 5. The van der Waals surface area contributed by atoms with E-state index < -0.39 is 5.97 Å². The van der Waals surface area contributed by atoms with Gasteiger partial charge in [0.05, 0.1) is 25.8 Å². The predicted molar refractivity (Wildman–Crippen MR) is 93.4 cm³/mol. The van der Waals surface area contributed by atoms with Crippen LogP contribution in [0.2, 0.25) is 0 Å². The molecule has 1 aromatic carbocycles. The molecule has 2 amide bonds. The molecule has 0 atom stereocenters. The molecule has 2 aliphatic heterocycles. The maximum atomic E-state index is 12.5. The van der Waals surface area contributed by atoms with Crippen LogP contribution in [0.3, 0.4) is 0 Å². The summed E-state index contributed by atoms with van der Waals surface area (Å²) in [6, 6.07) is 5.32. The number of β-amino-alcohol motifs (C(OH)–C–C–N with tert-alkyl or cyclic N) is 1. The van der Waals surface area contributed by atoms with E-state index in [1.165, 1.54) is 12.0 Å². The molecular weight excluding hydrogens is 338 g/mol. The highest BCUT2D eigenvalue weighted by atomic mass is 16.5. The molecular formula is C18H21N3O5. The van der Waals surface area contributed by atoms with Crippen LogP contribution in [0.15, 0.2) is 29.5 Å². The first-order chi connectivity index (χ1) is 12.5. The van der Waals surface area contributed by atoms with E-state index in [1.807, 2.05) is 6.07 Å². The number of hydrogen-bond acceptors (Lipinski definition) is 6. The van der Waals surface area contributed by atoms with E-state index in [-0.39, 0.29) is 42.8 Å². The third kappa shape index (κ3) is 3.15. The number of aliphatic hydroxyl groups is 1. The second-order valence-electron chi connectivity index (χ2n) is 6.27. The van der Waals surface area contributed by atoms with Gasteiger partial charge in [-0.15, -0.1) is 0 Å². The molecule has 2 N–H and O–H groups in total. The largest absolute Gasteiger partial charge is 0.466 e. The summed E-state index contributed by atoms with van der Waals surface area (Å²) in [6.07, 6.45) is 0.775. The average molecular weight is 359 g/mol. The molecule has 0 radical (unpaired) electrons. The van der Waals surface area contributed by atoms with Gasteiger partial charge in [0.2, 0.25) is 0 Å². The average Bonchev–Trinajstić information content (AvgIpc) is 2.94. The molecule has 0 bridgehead atoms. The number of methoxy groups -OCH3 is 1. The quantitative estimate of drug-likeness (QED) is 0.718. The summed E-state index contributed by atoms with van der Waals surface area (Å²) >= 11 is 0. The number of nitrogens with one attached hydrogen (secondary N) is 1. The van der Waals surface area contributed by atoms with Gasteiger partial charge in [0, 0.05) is 31.4 Å². The second kappa shape index (κ2) is 7.17. The summed E-state index contributed by atoms with van der Waals surface area (Å²) in [5, 5.41) is 12.1. The summed E-state index contributed by atoms with van der Waals surface area (Å²) in [5.74, 6) is -1.06. The Morgan fingerprint density at radius 3 is 2.77 bits per heavy atom. The fraction of sp³-hybridized carbons (Fsp3) is 0.389. The van der Waals surface area contributed by atoms with E-state index in [9.17, 15) is 14.4 Å². The number of amides is 2. The van der Waals surface area contributed by atoms with Crippen LogP contribution in [-0.2, 0) is 20.7 Å². The van der Waals surface area contributed by atoms with Crippen molar-refractivity contribution in [2.24, 2.45) is 0 Å². The molecule has 2 heterocycles. The van der Waals surface area contributed by atoms with E-state index in [0.717, 1.165) is 12.0 Å². The Balaban J connectivity index is 1.92. The number of likely N-dealkylation sites (N-methyl/N-ethyl adjacent to an activating group) is 1. The molecule has 0 saturated carbocycles. The van der Waals surface area contributed by atoms with Gasteiger partial charge in [0.1, 0.15) is 5.70 Å². The Morgan fingerprint density at radius 2 is 2.08 bits per heavy atom. The van der Waals surface area contributed by atoms with Crippen LogP contribution in [0, 0.1) is 0 Å². The van der Waals surface area contributed by atoms with Crippen molar-refractivity contribution in [1.82, 2.24) is 9.80 Å². The lowest BCUT2D eigenvalue weighted by Crippen LogP contribution is -2.34. The van der Waals surface area contributed by atoms with Gasteiger partial charge in [0.25, 0.3) is 11.8 Å². The van der Waals surface area contributed by atoms with Crippen LogP contribution < -0.4 is 5.32 Å². The molecule has 2 aliphatic rings. The topological polar surface area (TPSA) is 99.2 Å². The molecule has 0 aromatic heterocycles. The SMILES string of the molecule is COC(=O)C1=C(Nc2ccc3c(c2)C(=O)N(C)CC3)C(=O)N(CCO)C1. The zero-order valence-corrected chi connectivity index (χ0v) is 14.7. The highest BCUT2D eigenvalue weighted by molar-refractivity contribution is 6.08. The molecule has 138 valence electrons. The Kier molecular flexibility index (Phi) is 4.94. The number of nitrogens with zero attached hydrogens (tertiary/aromatic N) is 2. The molecule has 0 saturated heterocycles. The number of esters is 1. The normalized spacial score (nSPS) is 16.9. The van der Waals surface area contributed by atoms with Crippen molar-refractivity contribution in [3.63, 3.8) is 0 Å². The number of benzene rings is 1. The first-order valence-electron chi connectivity index (χ1n) is 8.33. The first kappa shape index (κ1) is 17.9. The number of carbonyl (C=O) groups excluding carboxylic acids is 3. The fourth-order valence-electron chi connectivity index (χ4n) is 3.16. The summed E-state index contributed by atoms with van der Waals surface area (Å²) < 4.78 is 4.76. The highest BCUT2D eigenvalue weighted by Gasteiger charge is 2.34. The summed E-state index contributed by atoms with van der Waals surface area (Å²) in [7, 11) is 3.00. The van der Waals surface area contributed by atoms with Crippen molar-refractivity contribution in [2.75, 3.05) is 45.7 Å². The number of ether oxygens (including phenoxy) is 1. The Labute approximate surface area is 151 Å². The van der Waals surface area contributed by atoms with Crippen LogP contribution >= 0.6 is 0 Å². The van der Waals surface area contributed by atoms with Crippen LogP contribution in [0.25, 0.3) is 0 Å². The van der Waals surface area contributed by atoms with Crippen LogP contribution in [-0.4, -0.2) is 73.1 Å². The minimum Gasteiger partial charge on any atom is -0.466 e. The number of hydrogen-bond donors (Lipinski definition) is 2. The van der Waals surface area contributed by atoms with Crippen molar-refractivity contribution < 1.29 is 24.2 Å². The third-order valence-corrected chi connectivity index (χ3v) is 4.63. The molecule has 26 heavy (non-hydrogen) atoms. The lowest BCUT2D eigenvalue weighted by atomic mass is 9.98. The van der Waals surface area contributed by atoms with Gasteiger partial charge in [0.15, 0.2) is 0 Å². The molecule has 0 aliphatic carbocycles. The van der Waals surface area contributed by atoms with E-state index >= 15 is 0 Å². The predicted octanol–water partition coefficient (Wildman–Crippen LogP) is -0.0118. The van der Waals surface area contributed by atoms with Crippen LogP contribution in [0.4, 0.5) is 5.69 Å². The maximum absolute atomic E-state index is 12.5. The fourth-order valence-corrected chi connectivity index (χ4v) is 3.16. The van der Waals surface area contributed by atoms with E-state index in [1.54, 1.807) is 24.1 Å². The van der Waals surface area contributed by atoms with Gasteiger partial charge < -0.3 is 25.0 Å². The standard InChI is InChI=1S/C18H21N3O5/c1-20-6-5-11-3-4-12(9-13(11)16(20)23)19-15-14(18(25)26-2)10-21(7-8-22)17(15)24/h3-4,9,19,22H,5-8,10H2,1-2H3. The van der Waals surface area contributed by atoms with Gasteiger partial charge in [-0.25, -0.2) is 4.79 Å². The highest BCUT2D eigenvalue weighted by Crippen LogP contribution is 2.26. The molecule has 8 heteroatoms. The molecule has 8 nitrogen and oxygen atoms in total. The van der Waals surface area contributed by atoms with Gasteiger partial charge >= 0.3 is 5.97 Å². The van der Waals surface area contributed by atoms with Gasteiger partial charge in [-0.2, -0.15) is 0 Å². The van der Waals surface area contributed by atoms with Crippen molar-refractivity contribution in [1.29, 1.82) is 0 Å². The van der Waals surface area contributed by atoms with E-state index in [4.69, 9.17) is 9.84 Å². The second-order valence-corrected chi connectivity index (χ2v) is 6.27. The van der Waals surface area contributed by atoms with Crippen LogP contribution in [0.1, 0.15) is 15.9 Å². The Morgan fingerprint density at radius 1 is 1.31 bits per heavy atom. The monoisotopic (exact) mass is 359 g/mol. The molecule has 0 unspecified atom stereocenters. The Bertz CT molecular complexity index is 802.